The fourth-order valence-electron chi connectivity index (χ4n) is 2.12. The molecule has 0 amide bonds. The Morgan fingerprint density at radius 3 is 2.79 bits per heavy atom. The van der Waals surface area contributed by atoms with Gasteiger partial charge in [0.1, 0.15) is 6.04 Å². The Balaban J connectivity index is 1.65. The summed E-state index contributed by atoms with van der Waals surface area (Å²) in [5.41, 5.74) is 4.16. The van der Waals surface area contributed by atoms with Crippen molar-refractivity contribution in [3.05, 3.63) is 35.9 Å². The number of hydroxylamine groups is 1. The molecule has 1 aromatic rings. The Morgan fingerprint density at radius 2 is 2.16 bits per heavy atom. The maximum absolute atomic E-state index is 11.3. The second-order valence-electron chi connectivity index (χ2n) is 4.65. The summed E-state index contributed by atoms with van der Waals surface area (Å²) in [6.07, 6.45) is 1.65. The lowest BCUT2D eigenvalue weighted by Gasteiger charge is -2.28. The molecule has 0 saturated carbocycles. The van der Waals surface area contributed by atoms with Crippen molar-refractivity contribution in [2.45, 2.75) is 31.5 Å². The highest BCUT2D eigenvalue weighted by Gasteiger charge is 2.26. The average Bonchev–Trinajstić information content (AvgIpc) is 2.48. The van der Waals surface area contributed by atoms with Gasteiger partial charge in [0, 0.05) is 12.6 Å². The first-order chi connectivity index (χ1) is 9.29. The maximum atomic E-state index is 11.3. The number of ether oxygens (including phenoxy) is 1. The van der Waals surface area contributed by atoms with E-state index in [-0.39, 0.29) is 18.1 Å². The smallest absolute Gasteiger partial charge is 0.322 e. The third kappa shape index (κ3) is 4.31. The number of nitrogens with one attached hydrogen (secondary N) is 2. The van der Waals surface area contributed by atoms with Gasteiger partial charge in [0.15, 0.2) is 0 Å². The molecule has 1 saturated heterocycles. The highest BCUT2D eigenvalue weighted by atomic mass is 16.6. The van der Waals surface area contributed by atoms with E-state index in [9.17, 15) is 4.79 Å². The van der Waals surface area contributed by atoms with Crippen LogP contribution in [-0.2, 0) is 21.0 Å². The summed E-state index contributed by atoms with van der Waals surface area (Å²) in [6, 6.07) is 10.0. The summed E-state index contributed by atoms with van der Waals surface area (Å²) in [7, 11) is 1.41. The molecule has 1 fully saturated rings. The zero-order chi connectivity index (χ0) is 13.5. The highest BCUT2D eigenvalue weighted by Crippen LogP contribution is 2.10. The van der Waals surface area contributed by atoms with Crippen LogP contribution in [0.2, 0.25) is 0 Å². The van der Waals surface area contributed by atoms with E-state index in [1.807, 2.05) is 30.3 Å². The van der Waals surface area contributed by atoms with Gasteiger partial charge in [-0.1, -0.05) is 30.3 Å². The molecule has 0 unspecified atom stereocenters. The summed E-state index contributed by atoms with van der Waals surface area (Å²) in [6.45, 7) is 1.24. The molecule has 5 nitrogen and oxygen atoms in total. The van der Waals surface area contributed by atoms with Gasteiger partial charge in [-0.05, 0) is 18.4 Å². The van der Waals surface area contributed by atoms with Gasteiger partial charge in [-0.2, -0.15) is 5.48 Å². The van der Waals surface area contributed by atoms with Crippen LogP contribution in [0.3, 0.4) is 0 Å². The molecule has 5 heteroatoms. The lowest BCUT2D eigenvalue weighted by Crippen LogP contribution is -2.50. The van der Waals surface area contributed by atoms with Gasteiger partial charge < -0.3 is 10.1 Å². The fourth-order valence-corrected chi connectivity index (χ4v) is 2.12. The van der Waals surface area contributed by atoms with Crippen LogP contribution in [-0.4, -0.2) is 31.7 Å². The van der Waals surface area contributed by atoms with Gasteiger partial charge in [-0.3, -0.25) is 9.63 Å². The summed E-state index contributed by atoms with van der Waals surface area (Å²) < 4.78 is 4.71. The molecule has 0 aliphatic carbocycles. The van der Waals surface area contributed by atoms with Gasteiger partial charge in [-0.15, -0.1) is 0 Å². The number of carbonyl (C=O) groups is 1. The molecule has 0 aromatic heterocycles. The van der Waals surface area contributed by atoms with Gasteiger partial charge >= 0.3 is 5.97 Å². The lowest BCUT2D eigenvalue weighted by molar-refractivity contribution is -0.144. The molecule has 104 valence electrons. The minimum atomic E-state index is -0.191. The molecule has 1 heterocycles. The standard InChI is InChI=1S/C14H20N2O3/c1-18-14(17)13-8-7-12(9-15-13)16-19-10-11-5-3-2-4-6-11/h2-6,12-13,15-16H,7-10H2,1H3/t12-,13+/m0/s1. The van der Waals surface area contributed by atoms with Crippen molar-refractivity contribution in [3.8, 4) is 0 Å². The first-order valence-corrected chi connectivity index (χ1v) is 6.52. The van der Waals surface area contributed by atoms with Crippen LogP contribution >= 0.6 is 0 Å². The van der Waals surface area contributed by atoms with Crippen molar-refractivity contribution in [2.75, 3.05) is 13.7 Å². The predicted octanol–water partition coefficient (Wildman–Crippen LogP) is 1.00. The second-order valence-corrected chi connectivity index (χ2v) is 4.65. The summed E-state index contributed by atoms with van der Waals surface area (Å²) >= 11 is 0. The minimum absolute atomic E-state index is 0.183. The monoisotopic (exact) mass is 264 g/mol. The minimum Gasteiger partial charge on any atom is -0.468 e. The van der Waals surface area contributed by atoms with Crippen molar-refractivity contribution < 1.29 is 14.4 Å². The van der Waals surface area contributed by atoms with Crippen LogP contribution in [0, 0.1) is 0 Å². The van der Waals surface area contributed by atoms with E-state index in [1.54, 1.807) is 0 Å². The number of benzene rings is 1. The maximum Gasteiger partial charge on any atom is 0.322 e. The number of rotatable bonds is 5. The van der Waals surface area contributed by atoms with Gasteiger partial charge in [-0.25, -0.2) is 0 Å². The van der Waals surface area contributed by atoms with E-state index >= 15 is 0 Å². The van der Waals surface area contributed by atoms with Crippen LogP contribution in [0.25, 0.3) is 0 Å². The largest absolute Gasteiger partial charge is 0.468 e. The Morgan fingerprint density at radius 1 is 1.37 bits per heavy atom. The summed E-state index contributed by atoms with van der Waals surface area (Å²) in [5.74, 6) is -0.191. The first-order valence-electron chi connectivity index (χ1n) is 6.52. The molecule has 2 N–H and O–H groups in total. The Hall–Kier alpha value is -1.43. The fraction of sp³-hybridized carbons (Fsp3) is 0.500. The van der Waals surface area contributed by atoms with E-state index < -0.39 is 0 Å². The van der Waals surface area contributed by atoms with E-state index in [0.29, 0.717) is 13.2 Å². The van der Waals surface area contributed by atoms with Crippen LogP contribution in [0.1, 0.15) is 18.4 Å². The SMILES string of the molecule is COC(=O)[C@H]1CC[C@H](NOCc2ccccc2)CN1. The van der Waals surface area contributed by atoms with E-state index in [4.69, 9.17) is 9.57 Å². The van der Waals surface area contributed by atoms with Crippen LogP contribution in [0.15, 0.2) is 30.3 Å². The molecular formula is C14H20N2O3. The number of piperidine rings is 1. The quantitative estimate of drug-likeness (QED) is 0.614. The molecule has 0 spiro atoms. The first kappa shape index (κ1) is 14.0. The number of methoxy groups -OCH3 is 1. The highest BCUT2D eigenvalue weighted by molar-refractivity contribution is 5.75. The predicted molar refractivity (Wildman–Crippen MR) is 71.2 cm³/mol. The van der Waals surface area contributed by atoms with E-state index in [1.165, 1.54) is 7.11 Å². The average molecular weight is 264 g/mol. The number of esters is 1. The number of hydrogen-bond acceptors (Lipinski definition) is 5. The zero-order valence-corrected chi connectivity index (χ0v) is 11.1. The topological polar surface area (TPSA) is 59.6 Å². The third-order valence-corrected chi connectivity index (χ3v) is 3.23. The van der Waals surface area contributed by atoms with Crippen molar-refractivity contribution in [2.24, 2.45) is 0 Å². The summed E-state index contributed by atoms with van der Waals surface area (Å²) in [4.78, 5) is 16.8. The van der Waals surface area contributed by atoms with Gasteiger partial charge in [0.25, 0.3) is 0 Å². The van der Waals surface area contributed by atoms with Crippen LogP contribution < -0.4 is 10.8 Å². The molecule has 2 rings (SSSR count). The lowest BCUT2D eigenvalue weighted by atomic mass is 10.0. The van der Waals surface area contributed by atoms with Gasteiger partial charge in [0.2, 0.25) is 0 Å². The second kappa shape index (κ2) is 7.23. The molecule has 1 aliphatic heterocycles. The van der Waals surface area contributed by atoms with Crippen molar-refractivity contribution >= 4 is 5.97 Å². The molecule has 0 bridgehead atoms. The third-order valence-electron chi connectivity index (χ3n) is 3.23. The van der Waals surface area contributed by atoms with Crippen LogP contribution in [0.4, 0.5) is 0 Å². The number of hydrogen-bond donors (Lipinski definition) is 2. The molecule has 1 aromatic carbocycles. The van der Waals surface area contributed by atoms with E-state index in [0.717, 1.165) is 18.4 Å². The van der Waals surface area contributed by atoms with Gasteiger partial charge in [0.05, 0.1) is 13.7 Å². The Labute approximate surface area is 113 Å². The normalized spacial score (nSPS) is 23.0. The molecule has 1 aliphatic rings. The van der Waals surface area contributed by atoms with Crippen molar-refractivity contribution in [1.82, 2.24) is 10.8 Å². The Kier molecular flexibility index (Phi) is 5.32. The molecule has 2 atom stereocenters. The molecule has 19 heavy (non-hydrogen) atoms. The zero-order valence-electron chi connectivity index (χ0n) is 11.1. The Bertz CT molecular complexity index is 389. The van der Waals surface area contributed by atoms with E-state index in [2.05, 4.69) is 10.8 Å². The van der Waals surface area contributed by atoms with Crippen molar-refractivity contribution in [1.29, 1.82) is 0 Å². The molecule has 0 radical (unpaired) electrons. The van der Waals surface area contributed by atoms with Crippen molar-refractivity contribution in [3.63, 3.8) is 0 Å². The number of carbonyl (C=O) groups excluding carboxylic acids is 1. The van der Waals surface area contributed by atoms with Crippen LogP contribution in [0.5, 0.6) is 0 Å². The summed E-state index contributed by atoms with van der Waals surface area (Å²) in [5, 5.41) is 3.15. The molecular weight excluding hydrogens is 244 g/mol.